The normalized spacial score (nSPS) is 30.0. The summed E-state index contributed by atoms with van der Waals surface area (Å²) in [6, 6.07) is 0. The number of allylic oxidation sites excluding steroid dienone is 1. The van der Waals surface area contributed by atoms with Gasteiger partial charge < -0.3 is 5.11 Å². The second-order valence-electron chi connectivity index (χ2n) is 2.67. The third kappa shape index (κ3) is 2.03. The molecule has 4 nitrogen and oxygen atoms in total. The van der Waals surface area contributed by atoms with E-state index in [4.69, 9.17) is 10.9 Å². The van der Waals surface area contributed by atoms with Crippen LogP contribution in [-0.4, -0.2) is 17.1 Å². The largest absolute Gasteiger partial charge is 0.389 e. The first-order valence-electron chi connectivity index (χ1n) is 3.59. The Balaban J connectivity index is 2.49. The van der Waals surface area contributed by atoms with Crippen molar-refractivity contribution in [2.24, 2.45) is 11.8 Å². The quantitative estimate of drug-likeness (QED) is 0.203. The van der Waals surface area contributed by atoms with E-state index in [1.54, 1.807) is 12.2 Å². The predicted octanol–water partition coefficient (Wildman–Crippen LogP) is -0.697. The maximum Gasteiger partial charge on any atom is 0.237 e. The Bertz CT molecular complexity index is 179. The van der Waals surface area contributed by atoms with E-state index < -0.39 is 6.10 Å². The number of hydrazine groups is 1. The Labute approximate surface area is 65.0 Å². The van der Waals surface area contributed by atoms with Crippen LogP contribution in [-0.2, 0) is 4.79 Å². The minimum absolute atomic E-state index is 0.167. The highest BCUT2D eigenvalue weighted by molar-refractivity contribution is 5.78. The second kappa shape index (κ2) is 3.50. The SMILES string of the molecule is NNC(=O)[C@@H]1CC=C[C@H](O)C1. The predicted molar refractivity (Wildman–Crippen MR) is 40.2 cm³/mol. The Morgan fingerprint density at radius 1 is 1.73 bits per heavy atom. The van der Waals surface area contributed by atoms with Gasteiger partial charge in [-0.05, 0) is 12.8 Å². The van der Waals surface area contributed by atoms with Crippen LogP contribution < -0.4 is 11.3 Å². The van der Waals surface area contributed by atoms with Crippen LogP contribution in [0.15, 0.2) is 12.2 Å². The van der Waals surface area contributed by atoms with E-state index >= 15 is 0 Å². The smallest absolute Gasteiger partial charge is 0.237 e. The van der Waals surface area contributed by atoms with Gasteiger partial charge in [0.25, 0.3) is 0 Å². The molecule has 0 aromatic heterocycles. The van der Waals surface area contributed by atoms with Gasteiger partial charge in [0.1, 0.15) is 0 Å². The number of carbonyl (C=O) groups excluding carboxylic acids is 1. The molecule has 0 fully saturated rings. The summed E-state index contributed by atoms with van der Waals surface area (Å²) in [6.07, 6.45) is 4.14. The summed E-state index contributed by atoms with van der Waals surface area (Å²) in [5.74, 6) is 4.58. The molecule has 4 heteroatoms. The Hall–Kier alpha value is -0.870. The number of aliphatic hydroxyl groups excluding tert-OH is 1. The summed E-state index contributed by atoms with van der Waals surface area (Å²) in [7, 11) is 0. The highest BCUT2D eigenvalue weighted by Gasteiger charge is 2.21. The summed E-state index contributed by atoms with van der Waals surface area (Å²) in [5, 5.41) is 9.12. The van der Waals surface area contributed by atoms with Crippen LogP contribution in [0.3, 0.4) is 0 Å². The van der Waals surface area contributed by atoms with Crippen molar-refractivity contribution in [2.75, 3.05) is 0 Å². The van der Waals surface area contributed by atoms with E-state index in [0.717, 1.165) is 0 Å². The number of rotatable bonds is 1. The average Bonchev–Trinajstić information content (AvgIpc) is 2.03. The molecule has 0 aromatic carbocycles. The first-order valence-corrected chi connectivity index (χ1v) is 3.59. The molecule has 0 bridgehead atoms. The van der Waals surface area contributed by atoms with Crippen molar-refractivity contribution >= 4 is 5.91 Å². The molecule has 0 aliphatic heterocycles. The minimum Gasteiger partial charge on any atom is -0.389 e. The molecule has 0 aromatic rings. The zero-order valence-corrected chi connectivity index (χ0v) is 6.16. The maximum atomic E-state index is 10.9. The van der Waals surface area contributed by atoms with Gasteiger partial charge in [-0.2, -0.15) is 0 Å². The lowest BCUT2D eigenvalue weighted by Gasteiger charge is -2.19. The van der Waals surface area contributed by atoms with E-state index in [0.29, 0.717) is 12.8 Å². The molecular formula is C7H12N2O2. The minimum atomic E-state index is -0.494. The van der Waals surface area contributed by atoms with Gasteiger partial charge in [-0.1, -0.05) is 12.2 Å². The molecule has 1 amide bonds. The lowest BCUT2D eigenvalue weighted by Crippen LogP contribution is -2.37. The van der Waals surface area contributed by atoms with Gasteiger partial charge in [0.2, 0.25) is 5.91 Å². The number of aliphatic hydroxyl groups is 1. The Morgan fingerprint density at radius 3 is 3.00 bits per heavy atom. The van der Waals surface area contributed by atoms with Crippen molar-refractivity contribution < 1.29 is 9.90 Å². The van der Waals surface area contributed by atoms with Gasteiger partial charge in [0.05, 0.1) is 6.10 Å². The van der Waals surface area contributed by atoms with Crippen molar-refractivity contribution in [3.05, 3.63) is 12.2 Å². The fraction of sp³-hybridized carbons (Fsp3) is 0.571. The fourth-order valence-corrected chi connectivity index (χ4v) is 1.20. The van der Waals surface area contributed by atoms with Crippen molar-refractivity contribution in [1.29, 1.82) is 0 Å². The van der Waals surface area contributed by atoms with Crippen LogP contribution in [0.5, 0.6) is 0 Å². The summed E-state index contributed by atoms with van der Waals surface area (Å²) < 4.78 is 0. The first kappa shape index (κ1) is 8.23. The van der Waals surface area contributed by atoms with E-state index in [1.165, 1.54) is 0 Å². The van der Waals surface area contributed by atoms with Gasteiger partial charge in [-0.15, -0.1) is 0 Å². The van der Waals surface area contributed by atoms with Crippen molar-refractivity contribution in [2.45, 2.75) is 18.9 Å². The number of nitrogens with two attached hydrogens (primary N) is 1. The van der Waals surface area contributed by atoms with Crippen molar-refractivity contribution in [3.8, 4) is 0 Å². The highest BCUT2D eigenvalue weighted by atomic mass is 16.3. The molecule has 62 valence electrons. The number of nitrogens with one attached hydrogen (secondary N) is 1. The van der Waals surface area contributed by atoms with Gasteiger partial charge in [0, 0.05) is 5.92 Å². The van der Waals surface area contributed by atoms with Gasteiger partial charge in [-0.3, -0.25) is 10.2 Å². The van der Waals surface area contributed by atoms with Gasteiger partial charge in [-0.25, -0.2) is 5.84 Å². The molecule has 0 saturated heterocycles. The van der Waals surface area contributed by atoms with E-state index in [-0.39, 0.29) is 11.8 Å². The third-order valence-electron chi connectivity index (χ3n) is 1.82. The highest BCUT2D eigenvalue weighted by Crippen LogP contribution is 2.18. The van der Waals surface area contributed by atoms with Crippen LogP contribution in [0.1, 0.15) is 12.8 Å². The number of hydrogen-bond donors (Lipinski definition) is 3. The Morgan fingerprint density at radius 2 is 2.45 bits per heavy atom. The molecule has 1 aliphatic carbocycles. The fourth-order valence-electron chi connectivity index (χ4n) is 1.20. The van der Waals surface area contributed by atoms with Crippen LogP contribution in [0.2, 0.25) is 0 Å². The second-order valence-corrected chi connectivity index (χ2v) is 2.67. The zero-order valence-electron chi connectivity index (χ0n) is 6.16. The molecule has 0 saturated carbocycles. The number of carbonyl (C=O) groups is 1. The van der Waals surface area contributed by atoms with E-state index in [9.17, 15) is 4.79 Å². The lowest BCUT2D eigenvalue weighted by atomic mass is 9.92. The van der Waals surface area contributed by atoms with Gasteiger partial charge in [0.15, 0.2) is 0 Å². The van der Waals surface area contributed by atoms with E-state index in [1.807, 2.05) is 0 Å². The molecule has 0 radical (unpaired) electrons. The first-order chi connectivity index (χ1) is 5.24. The summed E-state index contributed by atoms with van der Waals surface area (Å²) >= 11 is 0. The molecule has 0 heterocycles. The molecule has 0 spiro atoms. The lowest BCUT2D eigenvalue weighted by molar-refractivity contribution is -0.125. The summed E-state index contributed by atoms with van der Waals surface area (Å²) in [4.78, 5) is 10.9. The molecular weight excluding hydrogens is 144 g/mol. The number of amides is 1. The van der Waals surface area contributed by atoms with Crippen LogP contribution in [0.4, 0.5) is 0 Å². The van der Waals surface area contributed by atoms with Crippen LogP contribution in [0.25, 0.3) is 0 Å². The summed E-state index contributed by atoms with van der Waals surface area (Å²) in [6.45, 7) is 0. The molecule has 0 unspecified atom stereocenters. The summed E-state index contributed by atoms with van der Waals surface area (Å²) in [5.41, 5.74) is 2.07. The molecule has 2 atom stereocenters. The van der Waals surface area contributed by atoms with Crippen molar-refractivity contribution in [3.63, 3.8) is 0 Å². The van der Waals surface area contributed by atoms with Gasteiger partial charge >= 0.3 is 0 Å². The average molecular weight is 156 g/mol. The number of hydrogen-bond acceptors (Lipinski definition) is 3. The molecule has 1 aliphatic rings. The zero-order chi connectivity index (χ0) is 8.27. The standard InChI is InChI=1S/C7H12N2O2/c8-9-7(11)5-2-1-3-6(10)4-5/h1,3,5-6,10H,2,4,8H2,(H,9,11)/t5-,6+/m1/s1. The molecule has 4 N–H and O–H groups in total. The maximum absolute atomic E-state index is 10.9. The third-order valence-corrected chi connectivity index (χ3v) is 1.82. The van der Waals surface area contributed by atoms with Crippen LogP contribution in [0, 0.1) is 5.92 Å². The van der Waals surface area contributed by atoms with Crippen molar-refractivity contribution in [1.82, 2.24) is 5.43 Å². The topological polar surface area (TPSA) is 75.3 Å². The molecule has 11 heavy (non-hydrogen) atoms. The van der Waals surface area contributed by atoms with Crippen LogP contribution >= 0.6 is 0 Å². The molecule has 1 rings (SSSR count). The Kier molecular flexibility index (Phi) is 2.62. The van der Waals surface area contributed by atoms with E-state index in [2.05, 4.69) is 5.43 Å². The monoisotopic (exact) mass is 156 g/mol.